The fraction of sp³-hybridized carbons (Fsp3) is 0.167. The summed E-state index contributed by atoms with van der Waals surface area (Å²) in [6, 6.07) is 15.4. The van der Waals surface area contributed by atoms with Gasteiger partial charge in [0.25, 0.3) is 6.43 Å². The van der Waals surface area contributed by atoms with Gasteiger partial charge >= 0.3 is 0 Å². The summed E-state index contributed by atoms with van der Waals surface area (Å²) in [5, 5.41) is 7.44. The quantitative estimate of drug-likeness (QED) is 0.303. The molecule has 0 aliphatic heterocycles. The predicted octanol–water partition coefficient (Wildman–Crippen LogP) is 6.43. The Hall–Kier alpha value is -3.72. The van der Waals surface area contributed by atoms with Gasteiger partial charge in [-0.05, 0) is 36.9 Å². The number of alkyl halides is 2. The number of fused-ring (bicyclic) bond motifs is 6. The fourth-order valence-corrected chi connectivity index (χ4v) is 5.26. The number of thiophene rings is 1. The van der Waals surface area contributed by atoms with Crippen LogP contribution >= 0.6 is 11.3 Å². The Bertz CT molecular complexity index is 1670. The van der Waals surface area contributed by atoms with E-state index in [1.807, 2.05) is 49.4 Å². The molecule has 0 unspecified atom stereocenters. The molecule has 4 aromatic heterocycles. The number of rotatable bonds is 4. The van der Waals surface area contributed by atoms with Gasteiger partial charge in [0.1, 0.15) is 27.3 Å². The zero-order valence-corrected chi connectivity index (χ0v) is 18.5. The number of hydrogen-bond acceptors (Lipinski definition) is 6. The van der Waals surface area contributed by atoms with Crippen LogP contribution in [-0.2, 0) is 0 Å². The summed E-state index contributed by atoms with van der Waals surface area (Å²) < 4.78 is 35.1. The predicted molar refractivity (Wildman–Crippen MR) is 124 cm³/mol. The van der Waals surface area contributed by atoms with Crippen molar-refractivity contribution in [3.8, 4) is 5.75 Å². The Kier molecular flexibility index (Phi) is 4.48. The van der Waals surface area contributed by atoms with Crippen LogP contribution in [0.4, 0.5) is 8.78 Å². The van der Waals surface area contributed by atoms with Crippen molar-refractivity contribution in [3.05, 3.63) is 71.9 Å². The van der Waals surface area contributed by atoms with Crippen molar-refractivity contribution in [3.63, 3.8) is 0 Å². The molecule has 0 saturated heterocycles. The molecule has 0 aliphatic carbocycles. The number of benzene rings is 2. The van der Waals surface area contributed by atoms with E-state index in [2.05, 4.69) is 15.1 Å². The molecule has 164 valence electrons. The zero-order valence-electron chi connectivity index (χ0n) is 17.7. The minimum Gasteiger partial charge on any atom is -0.482 e. The van der Waals surface area contributed by atoms with Crippen LogP contribution in [-0.4, -0.2) is 24.6 Å². The summed E-state index contributed by atoms with van der Waals surface area (Å²) >= 11 is 1.30. The molecule has 6 rings (SSSR count). The molecule has 0 spiro atoms. The number of nitrogens with zero attached hydrogens (tertiary/aromatic N) is 5. The lowest BCUT2D eigenvalue weighted by Gasteiger charge is -2.13. The Morgan fingerprint density at radius 1 is 1.06 bits per heavy atom. The fourth-order valence-electron chi connectivity index (χ4n) is 4.08. The molecule has 0 bridgehead atoms. The van der Waals surface area contributed by atoms with Crippen LogP contribution in [0.1, 0.15) is 36.5 Å². The molecule has 6 nitrogen and oxygen atoms in total. The van der Waals surface area contributed by atoms with Crippen molar-refractivity contribution in [1.82, 2.24) is 24.6 Å². The summed E-state index contributed by atoms with van der Waals surface area (Å²) in [5.74, 6) is 1.26. The van der Waals surface area contributed by atoms with Crippen LogP contribution in [0.3, 0.4) is 0 Å². The maximum Gasteiger partial charge on any atom is 0.280 e. The van der Waals surface area contributed by atoms with Crippen LogP contribution in [0.2, 0.25) is 0 Å². The molecular weight excluding hydrogens is 444 g/mol. The molecule has 0 saturated carbocycles. The van der Waals surface area contributed by atoms with E-state index in [1.165, 1.54) is 17.4 Å². The average molecular weight is 461 g/mol. The Labute approximate surface area is 190 Å². The second-order valence-electron chi connectivity index (χ2n) is 7.84. The highest BCUT2D eigenvalue weighted by Gasteiger charge is 2.21. The first-order valence-electron chi connectivity index (χ1n) is 10.4. The normalized spacial score (nSPS) is 13.0. The third kappa shape index (κ3) is 3.19. The van der Waals surface area contributed by atoms with Gasteiger partial charge in [0.15, 0.2) is 17.6 Å². The lowest BCUT2D eigenvalue weighted by molar-refractivity contribution is 0.146. The molecule has 9 heteroatoms. The maximum atomic E-state index is 13.2. The summed E-state index contributed by atoms with van der Waals surface area (Å²) in [6.45, 7) is 3.69. The van der Waals surface area contributed by atoms with E-state index in [1.54, 1.807) is 17.8 Å². The van der Waals surface area contributed by atoms with E-state index in [4.69, 9.17) is 9.72 Å². The van der Waals surface area contributed by atoms with Gasteiger partial charge in [-0.2, -0.15) is 0 Å². The third-order valence-corrected chi connectivity index (χ3v) is 6.71. The largest absolute Gasteiger partial charge is 0.482 e. The molecule has 6 aromatic rings. The Balaban J connectivity index is 1.45. The van der Waals surface area contributed by atoms with Crippen LogP contribution in [0.25, 0.3) is 36.9 Å². The molecular formula is C24H17F2N5OS. The molecule has 4 heterocycles. The standard InChI is InChI=1S/C24H17F2N5OS/c1-12-10-16(21(25)26)28-24-18(12)19-20(33-24)23-29-22(30-31(23)11-27-19)13(2)32-17-9-5-7-14-6-3-4-8-15(14)17/h3-11,13,21H,1-2H3/t13-/m0/s1. The number of pyridine rings is 1. The van der Waals surface area contributed by atoms with Crippen molar-refractivity contribution >= 4 is 48.2 Å². The van der Waals surface area contributed by atoms with E-state index >= 15 is 0 Å². The maximum absolute atomic E-state index is 13.2. The molecule has 0 aliphatic rings. The lowest BCUT2D eigenvalue weighted by Crippen LogP contribution is -2.05. The minimum atomic E-state index is -2.63. The number of halogens is 2. The molecule has 0 amide bonds. The molecule has 0 radical (unpaired) electrons. The average Bonchev–Trinajstić information content (AvgIpc) is 3.41. The van der Waals surface area contributed by atoms with E-state index in [0.29, 0.717) is 27.4 Å². The second kappa shape index (κ2) is 7.41. The number of aromatic nitrogens is 5. The second-order valence-corrected chi connectivity index (χ2v) is 8.84. The van der Waals surface area contributed by atoms with Gasteiger partial charge in [-0.25, -0.2) is 28.2 Å². The zero-order chi connectivity index (χ0) is 22.7. The highest BCUT2D eigenvalue weighted by atomic mass is 32.1. The van der Waals surface area contributed by atoms with Crippen LogP contribution in [0.5, 0.6) is 5.75 Å². The van der Waals surface area contributed by atoms with E-state index in [0.717, 1.165) is 26.6 Å². The van der Waals surface area contributed by atoms with Gasteiger partial charge in [0.05, 0.1) is 5.52 Å². The van der Waals surface area contributed by atoms with E-state index in [9.17, 15) is 8.78 Å². The van der Waals surface area contributed by atoms with E-state index < -0.39 is 12.5 Å². The van der Waals surface area contributed by atoms with Crippen molar-refractivity contribution in [2.75, 3.05) is 0 Å². The van der Waals surface area contributed by atoms with Gasteiger partial charge in [-0.15, -0.1) is 16.4 Å². The smallest absolute Gasteiger partial charge is 0.280 e. The Morgan fingerprint density at radius 3 is 2.73 bits per heavy atom. The Morgan fingerprint density at radius 2 is 1.88 bits per heavy atom. The van der Waals surface area contributed by atoms with Crippen molar-refractivity contribution in [2.24, 2.45) is 0 Å². The van der Waals surface area contributed by atoms with E-state index in [-0.39, 0.29) is 5.69 Å². The SMILES string of the molecule is Cc1cc(C(F)F)nc2sc3c(ncn4nc([C@H](C)Oc5cccc6ccccc56)nc34)c12. The van der Waals surface area contributed by atoms with Crippen molar-refractivity contribution in [2.45, 2.75) is 26.4 Å². The minimum absolute atomic E-state index is 0.234. The van der Waals surface area contributed by atoms with Gasteiger partial charge in [0.2, 0.25) is 0 Å². The van der Waals surface area contributed by atoms with Crippen LogP contribution in [0.15, 0.2) is 54.9 Å². The number of aryl methyl sites for hydroxylation is 1. The highest BCUT2D eigenvalue weighted by molar-refractivity contribution is 7.26. The van der Waals surface area contributed by atoms with Crippen molar-refractivity contribution < 1.29 is 13.5 Å². The molecule has 1 atom stereocenters. The lowest BCUT2D eigenvalue weighted by atomic mass is 10.1. The third-order valence-electron chi connectivity index (χ3n) is 5.64. The van der Waals surface area contributed by atoms with Gasteiger partial charge in [-0.1, -0.05) is 36.4 Å². The van der Waals surface area contributed by atoms with Crippen LogP contribution < -0.4 is 4.74 Å². The first-order chi connectivity index (χ1) is 16.0. The summed E-state index contributed by atoms with van der Waals surface area (Å²) in [5.41, 5.74) is 1.77. The van der Waals surface area contributed by atoms with Gasteiger partial charge < -0.3 is 4.74 Å². The summed E-state index contributed by atoms with van der Waals surface area (Å²) in [7, 11) is 0. The molecule has 0 fully saturated rings. The van der Waals surface area contributed by atoms with Crippen LogP contribution in [0, 0.1) is 6.92 Å². The molecule has 33 heavy (non-hydrogen) atoms. The van der Waals surface area contributed by atoms with Gasteiger partial charge in [-0.3, -0.25) is 0 Å². The summed E-state index contributed by atoms with van der Waals surface area (Å²) in [4.78, 5) is 13.9. The number of ether oxygens (including phenoxy) is 1. The monoisotopic (exact) mass is 461 g/mol. The molecule has 0 N–H and O–H groups in total. The first-order valence-corrected chi connectivity index (χ1v) is 11.2. The van der Waals surface area contributed by atoms with Gasteiger partial charge in [0, 0.05) is 10.8 Å². The summed E-state index contributed by atoms with van der Waals surface area (Å²) in [6.07, 6.45) is -1.45. The molecule has 2 aromatic carbocycles. The van der Waals surface area contributed by atoms with Crippen molar-refractivity contribution in [1.29, 1.82) is 0 Å². The first kappa shape index (κ1) is 19.9. The number of hydrogen-bond donors (Lipinski definition) is 0. The topological polar surface area (TPSA) is 65.2 Å². The highest BCUT2D eigenvalue weighted by Crippen LogP contribution is 2.37.